The van der Waals surface area contributed by atoms with Crippen molar-refractivity contribution in [3.63, 3.8) is 0 Å². The standard InChI is InChI=1S/C18H22BrClN6O2/c1-18(2,3)28-17(27)26-8-6-25(7-9-26)12-4-5-14(21-10-12)23-16-22-11-13(19)15(20)24-16/h4-5,10-11H,6-9H2,1-3H3,(H,21,22,23,24). The van der Waals surface area contributed by atoms with Gasteiger partial charge in [-0.05, 0) is 48.8 Å². The summed E-state index contributed by atoms with van der Waals surface area (Å²) in [6, 6.07) is 3.83. The molecule has 1 N–H and O–H groups in total. The molecule has 0 aliphatic carbocycles. The molecule has 0 radical (unpaired) electrons. The van der Waals surface area contributed by atoms with Gasteiger partial charge in [0.15, 0.2) is 0 Å². The van der Waals surface area contributed by atoms with Gasteiger partial charge in [0.05, 0.1) is 16.4 Å². The van der Waals surface area contributed by atoms with Crippen molar-refractivity contribution in [2.24, 2.45) is 0 Å². The Morgan fingerprint density at radius 3 is 2.46 bits per heavy atom. The second kappa shape index (κ2) is 8.48. The first-order chi connectivity index (χ1) is 13.2. The number of hydrogen-bond donors (Lipinski definition) is 1. The molecule has 0 spiro atoms. The van der Waals surface area contributed by atoms with Crippen LogP contribution in [0.4, 0.5) is 22.2 Å². The van der Waals surface area contributed by atoms with Crippen LogP contribution in [0.2, 0.25) is 5.15 Å². The van der Waals surface area contributed by atoms with Crippen molar-refractivity contribution in [3.8, 4) is 0 Å². The van der Waals surface area contributed by atoms with Crippen LogP contribution in [-0.4, -0.2) is 57.7 Å². The van der Waals surface area contributed by atoms with E-state index in [-0.39, 0.29) is 6.09 Å². The van der Waals surface area contributed by atoms with E-state index in [4.69, 9.17) is 16.3 Å². The molecular weight excluding hydrogens is 448 g/mol. The third kappa shape index (κ3) is 5.45. The summed E-state index contributed by atoms with van der Waals surface area (Å²) in [6.07, 6.45) is 3.10. The molecule has 8 nitrogen and oxygen atoms in total. The minimum absolute atomic E-state index is 0.266. The monoisotopic (exact) mass is 468 g/mol. The molecule has 0 unspecified atom stereocenters. The lowest BCUT2D eigenvalue weighted by atomic mass is 10.2. The maximum absolute atomic E-state index is 12.2. The molecule has 150 valence electrons. The van der Waals surface area contributed by atoms with Crippen molar-refractivity contribution in [2.45, 2.75) is 26.4 Å². The highest BCUT2D eigenvalue weighted by molar-refractivity contribution is 9.10. The lowest BCUT2D eigenvalue weighted by molar-refractivity contribution is 0.0240. The van der Waals surface area contributed by atoms with Crippen LogP contribution in [0.15, 0.2) is 29.0 Å². The Balaban J connectivity index is 1.56. The summed E-state index contributed by atoms with van der Waals surface area (Å²) in [6.45, 7) is 8.28. The summed E-state index contributed by atoms with van der Waals surface area (Å²) in [4.78, 5) is 28.8. The van der Waals surface area contributed by atoms with Gasteiger partial charge in [-0.15, -0.1) is 0 Å². The van der Waals surface area contributed by atoms with Gasteiger partial charge in [-0.1, -0.05) is 11.6 Å². The summed E-state index contributed by atoms with van der Waals surface area (Å²) in [5.74, 6) is 0.994. The number of hydrogen-bond acceptors (Lipinski definition) is 7. The third-order valence-corrected chi connectivity index (χ3v) is 5.08. The fourth-order valence-electron chi connectivity index (χ4n) is 2.64. The Morgan fingerprint density at radius 2 is 1.89 bits per heavy atom. The van der Waals surface area contributed by atoms with Gasteiger partial charge < -0.3 is 19.9 Å². The van der Waals surface area contributed by atoms with Crippen LogP contribution in [0.25, 0.3) is 0 Å². The van der Waals surface area contributed by atoms with Crippen LogP contribution in [-0.2, 0) is 4.74 Å². The second-order valence-corrected chi connectivity index (χ2v) is 8.53. The highest BCUT2D eigenvalue weighted by atomic mass is 79.9. The number of amides is 1. The van der Waals surface area contributed by atoms with E-state index in [1.54, 1.807) is 17.3 Å². The zero-order chi connectivity index (χ0) is 20.3. The number of nitrogens with one attached hydrogen (secondary N) is 1. The zero-order valence-electron chi connectivity index (χ0n) is 15.9. The Labute approximate surface area is 177 Å². The quantitative estimate of drug-likeness (QED) is 0.678. The molecule has 1 amide bonds. The van der Waals surface area contributed by atoms with Crippen LogP contribution in [0, 0.1) is 0 Å². The molecule has 1 aliphatic heterocycles. The van der Waals surface area contributed by atoms with E-state index in [2.05, 4.69) is 41.1 Å². The maximum atomic E-state index is 12.2. The van der Waals surface area contributed by atoms with Crippen LogP contribution in [0.3, 0.4) is 0 Å². The predicted molar refractivity (Wildman–Crippen MR) is 112 cm³/mol. The largest absolute Gasteiger partial charge is 0.444 e. The number of rotatable bonds is 3. The smallest absolute Gasteiger partial charge is 0.410 e. The van der Waals surface area contributed by atoms with Gasteiger partial charge in [-0.25, -0.2) is 14.8 Å². The SMILES string of the molecule is CC(C)(C)OC(=O)N1CCN(c2ccc(Nc3ncc(Br)c(Cl)n3)nc2)CC1. The minimum atomic E-state index is -0.482. The minimum Gasteiger partial charge on any atom is -0.444 e. The fourth-order valence-corrected chi connectivity index (χ4v) is 2.96. The number of piperazine rings is 1. The maximum Gasteiger partial charge on any atom is 0.410 e. The van der Waals surface area contributed by atoms with Gasteiger partial charge in [0.1, 0.15) is 16.6 Å². The molecule has 0 aromatic carbocycles. The van der Waals surface area contributed by atoms with Crippen LogP contribution >= 0.6 is 27.5 Å². The number of carbonyl (C=O) groups is 1. The summed E-state index contributed by atoms with van der Waals surface area (Å²) >= 11 is 9.23. The van der Waals surface area contributed by atoms with Crippen molar-refractivity contribution < 1.29 is 9.53 Å². The molecule has 3 heterocycles. The van der Waals surface area contributed by atoms with Gasteiger partial charge >= 0.3 is 6.09 Å². The van der Waals surface area contributed by atoms with E-state index in [1.807, 2.05) is 32.9 Å². The molecular formula is C18H22BrClN6O2. The first kappa shape index (κ1) is 20.6. The summed E-state index contributed by atoms with van der Waals surface area (Å²) in [7, 11) is 0. The highest BCUT2D eigenvalue weighted by Gasteiger charge is 2.26. The number of pyridine rings is 1. The number of ether oxygens (including phenoxy) is 1. The van der Waals surface area contributed by atoms with Gasteiger partial charge in [-0.3, -0.25) is 0 Å². The summed E-state index contributed by atoms with van der Waals surface area (Å²) in [5, 5.41) is 3.35. The lowest BCUT2D eigenvalue weighted by Crippen LogP contribution is -2.50. The molecule has 1 fully saturated rings. The van der Waals surface area contributed by atoms with Gasteiger partial charge in [-0.2, -0.15) is 4.98 Å². The van der Waals surface area contributed by atoms with E-state index >= 15 is 0 Å². The van der Waals surface area contributed by atoms with Crippen molar-refractivity contribution in [1.82, 2.24) is 19.9 Å². The molecule has 2 aromatic rings. The van der Waals surface area contributed by atoms with Crippen LogP contribution in [0.5, 0.6) is 0 Å². The molecule has 0 bridgehead atoms. The number of nitrogens with zero attached hydrogens (tertiary/aromatic N) is 5. The van der Waals surface area contributed by atoms with Gasteiger partial charge in [0.2, 0.25) is 5.95 Å². The van der Waals surface area contributed by atoms with E-state index in [1.165, 1.54) is 0 Å². The lowest BCUT2D eigenvalue weighted by Gasteiger charge is -2.36. The van der Waals surface area contributed by atoms with Gasteiger partial charge in [0, 0.05) is 32.4 Å². The topological polar surface area (TPSA) is 83.5 Å². The first-order valence-electron chi connectivity index (χ1n) is 8.85. The molecule has 28 heavy (non-hydrogen) atoms. The average molecular weight is 470 g/mol. The van der Waals surface area contributed by atoms with E-state index in [9.17, 15) is 4.79 Å². The molecule has 0 atom stereocenters. The average Bonchev–Trinajstić information content (AvgIpc) is 2.64. The fraction of sp³-hybridized carbons (Fsp3) is 0.444. The Kier molecular flexibility index (Phi) is 6.24. The van der Waals surface area contributed by atoms with E-state index < -0.39 is 5.60 Å². The highest BCUT2D eigenvalue weighted by Crippen LogP contribution is 2.22. The van der Waals surface area contributed by atoms with Crippen LogP contribution < -0.4 is 10.2 Å². The molecule has 0 saturated carbocycles. The number of aromatic nitrogens is 3. The van der Waals surface area contributed by atoms with E-state index in [0.29, 0.717) is 34.5 Å². The Morgan fingerprint density at radius 1 is 1.18 bits per heavy atom. The number of halogens is 2. The molecule has 2 aromatic heterocycles. The summed E-state index contributed by atoms with van der Waals surface area (Å²) in [5.41, 5.74) is 0.508. The van der Waals surface area contributed by atoms with Crippen molar-refractivity contribution in [2.75, 3.05) is 36.4 Å². The van der Waals surface area contributed by atoms with Crippen molar-refractivity contribution in [1.29, 1.82) is 0 Å². The number of anilines is 3. The number of carbonyl (C=O) groups excluding carboxylic acids is 1. The van der Waals surface area contributed by atoms with Crippen molar-refractivity contribution >= 4 is 51.1 Å². The van der Waals surface area contributed by atoms with Crippen molar-refractivity contribution in [3.05, 3.63) is 34.2 Å². The molecule has 1 saturated heterocycles. The molecule has 1 aliphatic rings. The van der Waals surface area contributed by atoms with Gasteiger partial charge in [0.25, 0.3) is 0 Å². The second-order valence-electron chi connectivity index (χ2n) is 7.31. The third-order valence-electron chi connectivity index (χ3n) is 3.99. The Hall–Kier alpha value is -2.13. The molecule has 10 heteroatoms. The first-order valence-corrected chi connectivity index (χ1v) is 10.0. The van der Waals surface area contributed by atoms with Crippen LogP contribution in [0.1, 0.15) is 20.8 Å². The zero-order valence-corrected chi connectivity index (χ0v) is 18.3. The predicted octanol–water partition coefficient (Wildman–Crippen LogP) is 4.09. The Bertz CT molecular complexity index is 835. The summed E-state index contributed by atoms with van der Waals surface area (Å²) < 4.78 is 6.06. The normalized spacial score (nSPS) is 14.8. The molecule has 3 rings (SSSR count). The van der Waals surface area contributed by atoms with E-state index in [0.717, 1.165) is 18.8 Å².